The number of nitrogens with one attached hydrogen (secondary N) is 3. The Morgan fingerprint density at radius 2 is 1.72 bits per heavy atom. The normalized spacial score (nSPS) is 41.9. The van der Waals surface area contributed by atoms with Crippen molar-refractivity contribution in [3.05, 3.63) is 0 Å². The number of rotatable bonds is 4. The number of likely N-dealkylation sites (tertiary alicyclic amines) is 2. The maximum atomic E-state index is 6.12. The number of piperidine rings is 2. The van der Waals surface area contributed by atoms with E-state index in [1.165, 1.54) is 58.2 Å². The van der Waals surface area contributed by atoms with E-state index in [0.29, 0.717) is 18.1 Å². The van der Waals surface area contributed by atoms with Gasteiger partial charge in [-0.05, 0) is 65.2 Å². The molecule has 0 aromatic carbocycles. The van der Waals surface area contributed by atoms with Crippen LogP contribution in [0.2, 0.25) is 0 Å². The van der Waals surface area contributed by atoms with Gasteiger partial charge in [0.05, 0.1) is 31.6 Å². The SMILES string of the molecule is CN1CCC(N2CCC[C@H]2C2NC(C3CCC(N4CCOCC4)NC3)NO2)CC1. The van der Waals surface area contributed by atoms with E-state index in [2.05, 4.69) is 37.9 Å². The third-order valence-corrected chi connectivity index (χ3v) is 7.90. The maximum Gasteiger partial charge on any atom is 0.146 e. The fourth-order valence-electron chi connectivity index (χ4n) is 6.08. The summed E-state index contributed by atoms with van der Waals surface area (Å²) >= 11 is 0. The molecule has 8 nitrogen and oxygen atoms in total. The van der Waals surface area contributed by atoms with Crippen LogP contribution in [-0.2, 0) is 9.57 Å². The number of morpholine rings is 1. The third-order valence-electron chi connectivity index (χ3n) is 7.90. The van der Waals surface area contributed by atoms with Gasteiger partial charge >= 0.3 is 0 Å². The maximum absolute atomic E-state index is 6.12. The summed E-state index contributed by atoms with van der Waals surface area (Å²) in [6, 6.07) is 1.24. The first-order valence-corrected chi connectivity index (χ1v) is 11.9. The summed E-state index contributed by atoms with van der Waals surface area (Å²) < 4.78 is 5.50. The van der Waals surface area contributed by atoms with Crippen LogP contribution in [0.4, 0.5) is 0 Å². The van der Waals surface area contributed by atoms with E-state index in [4.69, 9.17) is 9.57 Å². The molecule has 5 heterocycles. The van der Waals surface area contributed by atoms with Gasteiger partial charge in [0.1, 0.15) is 6.23 Å². The van der Waals surface area contributed by atoms with Gasteiger partial charge in [0.25, 0.3) is 0 Å². The van der Waals surface area contributed by atoms with E-state index < -0.39 is 0 Å². The van der Waals surface area contributed by atoms with Crippen molar-refractivity contribution >= 4 is 0 Å². The average molecular weight is 409 g/mol. The van der Waals surface area contributed by atoms with Gasteiger partial charge in [-0.3, -0.25) is 20.0 Å². The van der Waals surface area contributed by atoms with E-state index in [1.807, 2.05) is 0 Å². The molecule has 5 atom stereocenters. The van der Waals surface area contributed by atoms with Crippen LogP contribution in [0.5, 0.6) is 0 Å². The lowest BCUT2D eigenvalue weighted by atomic mass is 9.94. The van der Waals surface area contributed by atoms with Crippen LogP contribution in [0, 0.1) is 5.92 Å². The van der Waals surface area contributed by atoms with Crippen LogP contribution < -0.4 is 16.1 Å². The smallest absolute Gasteiger partial charge is 0.146 e. The molecule has 5 saturated heterocycles. The Morgan fingerprint density at radius 3 is 2.48 bits per heavy atom. The molecule has 0 radical (unpaired) electrons. The summed E-state index contributed by atoms with van der Waals surface area (Å²) in [5.74, 6) is 0.579. The molecule has 0 aromatic heterocycles. The lowest BCUT2D eigenvalue weighted by Crippen LogP contribution is -2.57. The Balaban J connectivity index is 1.11. The van der Waals surface area contributed by atoms with E-state index in [9.17, 15) is 0 Å². The minimum atomic E-state index is 0.124. The van der Waals surface area contributed by atoms with Crippen LogP contribution in [-0.4, -0.2) is 105 Å². The van der Waals surface area contributed by atoms with Gasteiger partial charge in [0.2, 0.25) is 0 Å². The molecule has 0 amide bonds. The zero-order valence-electron chi connectivity index (χ0n) is 18.0. The Hall–Kier alpha value is -0.320. The Morgan fingerprint density at radius 1 is 0.897 bits per heavy atom. The standard InChI is InChI=1S/C21H40N6O2/c1-25-9-6-17(7-10-25)27-8-2-3-18(27)21-23-20(24-29-21)16-4-5-19(22-15-16)26-11-13-28-14-12-26/h16-24H,2-15H2,1H3/t16?,18-,19?,20?,21?/m0/s1. The summed E-state index contributed by atoms with van der Waals surface area (Å²) in [7, 11) is 2.25. The van der Waals surface area contributed by atoms with Crippen molar-refractivity contribution in [3.63, 3.8) is 0 Å². The van der Waals surface area contributed by atoms with Gasteiger partial charge in [0.15, 0.2) is 0 Å². The van der Waals surface area contributed by atoms with Crippen molar-refractivity contribution in [1.29, 1.82) is 0 Å². The summed E-state index contributed by atoms with van der Waals surface area (Å²) in [4.78, 5) is 13.9. The van der Waals surface area contributed by atoms with Crippen molar-refractivity contribution in [2.75, 3.05) is 59.5 Å². The topological polar surface area (TPSA) is 64.3 Å². The van der Waals surface area contributed by atoms with Crippen LogP contribution in [0.25, 0.3) is 0 Å². The second-order valence-corrected chi connectivity index (χ2v) is 9.69. The summed E-state index contributed by atoms with van der Waals surface area (Å²) in [6.45, 7) is 8.60. The third kappa shape index (κ3) is 4.65. The zero-order chi connectivity index (χ0) is 19.6. The highest BCUT2D eigenvalue weighted by Crippen LogP contribution is 2.30. The molecule has 3 N–H and O–H groups in total. The summed E-state index contributed by atoms with van der Waals surface area (Å²) in [5.41, 5.74) is 3.36. The molecule has 0 saturated carbocycles. The molecular formula is C21H40N6O2. The quantitative estimate of drug-likeness (QED) is 0.600. The van der Waals surface area contributed by atoms with Gasteiger partial charge in [-0.2, -0.15) is 5.48 Å². The summed E-state index contributed by atoms with van der Waals surface area (Å²) in [5, 5.41) is 7.60. The van der Waals surface area contributed by atoms with Gasteiger partial charge in [-0.1, -0.05) is 0 Å². The largest absolute Gasteiger partial charge is 0.379 e. The molecule has 29 heavy (non-hydrogen) atoms. The van der Waals surface area contributed by atoms with Crippen molar-refractivity contribution in [2.24, 2.45) is 5.92 Å². The molecule has 0 aromatic rings. The van der Waals surface area contributed by atoms with E-state index in [-0.39, 0.29) is 12.4 Å². The van der Waals surface area contributed by atoms with Crippen LogP contribution in [0.15, 0.2) is 0 Å². The van der Waals surface area contributed by atoms with Crippen molar-refractivity contribution in [3.8, 4) is 0 Å². The molecule has 5 fully saturated rings. The number of hydrogen-bond donors (Lipinski definition) is 3. The zero-order valence-corrected chi connectivity index (χ0v) is 18.0. The molecule has 0 aliphatic carbocycles. The van der Waals surface area contributed by atoms with Crippen LogP contribution >= 0.6 is 0 Å². The molecule has 5 rings (SSSR count). The predicted octanol–water partition coefficient (Wildman–Crippen LogP) is -0.0205. The summed E-state index contributed by atoms with van der Waals surface area (Å²) in [6.07, 6.45) is 8.49. The second kappa shape index (κ2) is 9.44. The second-order valence-electron chi connectivity index (χ2n) is 9.69. The highest BCUT2D eigenvalue weighted by Gasteiger charge is 2.43. The number of hydrogen-bond acceptors (Lipinski definition) is 8. The number of ether oxygens (including phenoxy) is 1. The first-order valence-electron chi connectivity index (χ1n) is 11.9. The molecule has 0 bridgehead atoms. The molecule has 4 unspecified atom stereocenters. The molecule has 0 spiro atoms. The van der Waals surface area contributed by atoms with Crippen molar-refractivity contribution < 1.29 is 9.57 Å². The number of nitrogens with zero attached hydrogens (tertiary/aromatic N) is 3. The first kappa shape index (κ1) is 20.6. The van der Waals surface area contributed by atoms with Gasteiger partial charge in [-0.25, -0.2) is 0 Å². The fourth-order valence-corrected chi connectivity index (χ4v) is 6.08. The van der Waals surface area contributed by atoms with Crippen LogP contribution in [0.3, 0.4) is 0 Å². The monoisotopic (exact) mass is 408 g/mol. The minimum Gasteiger partial charge on any atom is -0.379 e. The Labute approximate surface area is 175 Å². The van der Waals surface area contributed by atoms with Crippen molar-refractivity contribution in [2.45, 2.75) is 69.2 Å². The van der Waals surface area contributed by atoms with Crippen LogP contribution in [0.1, 0.15) is 38.5 Å². The molecule has 5 aliphatic heterocycles. The fraction of sp³-hybridized carbons (Fsp3) is 1.00. The van der Waals surface area contributed by atoms with Gasteiger partial charge in [-0.15, -0.1) is 0 Å². The Kier molecular flexibility index (Phi) is 6.70. The highest BCUT2D eigenvalue weighted by atomic mass is 16.7. The lowest BCUT2D eigenvalue weighted by Gasteiger charge is -2.41. The first-order chi connectivity index (χ1) is 14.3. The molecule has 8 heteroatoms. The lowest BCUT2D eigenvalue weighted by molar-refractivity contribution is -0.0382. The molecule has 166 valence electrons. The van der Waals surface area contributed by atoms with E-state index in [1.54, 1.807) is 0 Å². The number of hydroxylamine groups is 1. The average Bonchev–Trinajstić information content (AvgIpc) is 3.45. The molecule has 5 aliphatic rings. The van der Waals surface area contributed by atoms with E-state index in [0.717, 1.165) is 38.9 Å². The molecular weight excluding hydrogens is 368 g/mol. The van der Waals surface area contributed by atoms with E-state index >= 15 is 0 Å². The van der Waals surface area contributed by atoms with Crippen molar-refractivity contribution in [1.82, 2.24) is 30.8 Å². The van der Waals surface area contributed by atoms with Gasteiger partial charge < -0.3 is 15.0 Å². The minimum absolute atomic E-state index is 0.124. The predicted molar refractivity (Wildman–Crippen MR) is 112 cm³/mol. The van der Waals surface area contributed by atoms with Gasteiger partial charge in [0, 0.05) is 31.6 Å². The highest BCUT2D eigenvalue weighted by molar-refractivity contribution is 4.94. The Bertz CT molecular complexity index is 517.